The van der Waals surface area contributed by atoms with E-state index >= 15 is 0 Å². The highest BCUT2D eigenvalue weighted by atomic mass is 19.4. The smallest absolute Gasteiger partial charge is 0.376 e. The van der Waals surface area contributed by atoms with Crippen LogP contribution in [0.25, 0.3) is 0 Å². The van der Waals surface area contributed by atoms with Crippen LogP contribution in [0.1, 0.15) is 26.2 Å². The van der Waals surface area contributed by atoms with Gasteiger partial charge >= 0.3 is 6.18 Å². The minimum absolute atomic E-state index is 0.177. The van der Waals surface area contributed by atoms with Crippen molar-refractivity contribution in [1.29, 1.82) is 0 Å². The lowest BCUT2D eigenvalue weighted by Gasteiger charge is -2.31. The number of halogens is 3. The molecule has 2 fully saturated rings. The third-order valence-electron chi connectivity index (χ3n) is 4.01. The molecule has 0 aliphatic carbocycles. The van der Waals surface area contributed by atoms with Crippen molar-refractivity contribution in [2.75, 3.05) is 19.7 Å². The van der Waals surface area contributed by atoms with Gasteiger partial charge in [0.25, 0.3) is 0 Å². The van der Waals surface area contributed by atoms with Crippen molar-refractivity contribution in [3.05, 3.63) is 0 Å². The van der Waals surface area contributed by atoms with E-state index in [-0.39, 0.29) is 25.6 Å². The van der Waals surface area contributed by atoms with Crippen LogP contribution in [0.4, 0.5) is 13.2 Å². The van der Waals surface area contributed by atoms with E-state index in [1.165, 1.54) is 0 Å². The maximum atomic E-state index is 13.2. The highest BCUT2D eigenvalue weighted by Crippen LogP contribution is 2.43. The molecule has 2 aliphatic rings. The van der Waals surface area contributed by atoms with Crippen molar-refractivity contribution in [1.82, 2.24) is 10.6 Å². The molecule has 0 bridgehead atoms. The van der Waals surface area contributed by atoms with Gasteiger partial charge in [0.05, 0.1) is 12.1 Å². The number of carbonyl (C=O) groups excluding carboxylic acids is 1. The molecule has 2 saturated heterocycles. The quantitative estimate of drug-likeness (QED) is 0.817. The molecular formula is C12H19F3N2O2. The van der Waals surface area contributed by atoms with Gasteiger partial charge < -0.3 is 15.4 Å². The Kier molecular flexibility index (Phi) is 4.06. The molecule has 7 heteroatoms. The molecule has 4 nitrogen and oxygen atoms in total. The predicted molar refractivity (Wildman–Crippen MR) is 62.6 cm³/mol. The molecule has 2 N–H and O–H groups in total. The molecule has 2 aliphatic heterocycles. The van der Waals surface area contributed by atoms with Crippen molar-refractivity contribution in [2.24, 2.45) is 5.41 Å². The van der Waals surface area contributed by atoms with Crippen LogP contribution >= 0.6 is 0 Å². The highest BCUT2D eigenvalue weighted by Gasteiger charge is 2.61. The highest BCUT2D eigenvalue weighted by molar-refractivity contribution is 5.84. The molecule has 2 rings (SSSR count). The fourth-order valence-corrected chi connectivity index (χ4v) is 2.69. The van der Waals surface area contributed by atoms with E-state index in [4.69, 9.17) is 4.74 Å². The second kappa shape index (κ2) is 5.28. The van der Waals surface area contributed by atoms with Crippen LogP contribution < -0.4 is 10.6 Å². The van der Waals surface area contributed by atoms with Crippen molar-refractivity contribution in [3.8, 4) is 0 Å². The molecule has 19 heavy (non-hydrogen) atoms. The molecule has 0 radical (unpaired) electrons. The second-order valence-electron chi connectivity index (χ2n) is 5.32. The molecular weight excluding hydrogens is 261 g/mol. The minimum atomic E-state index is -4.53. The first-order chi connectivity index (χ1) is 8.87. The number of carbonyl (C=O) groups is 1. The summed E-state index contributed by atoms with van der Waals surface area (Å²) in [5.74, 6) is -0.937. The molecule has 2 heterocycles. The maximum Gasteiger partial charge on any atom is 0.404 e. The van der Waals surface area contributed by atoms with Gasteiger partial charge in [-0.25, -0.2) is 0 Å². The summed E-state index contributed by atoms with van der Waals surface area (Å²) < 4.78 is 44.9. The molecule has 110 valence electrons. The first kappa shape index (κ1) is 14.6. The second-order valence-corrected chi connectivity index (χ2v) is 5.32. The van der Waals surface area contributed by atoms with Gasteiger partial charge in [-0.15, -0.1) is 0 Å². The summed E-state index contributed by atoms with van der Waals surface area (Å²) in [5, 5.41) is 5.12. The topological polar surface area (TPSA) is 50.4 Å². The van der Waals surface area contributed by atoms with E-state index in [1.807, 2.05) is 0 Å². The van der Waals surface area contributed by atoms with E-state index in [0.717, 1.165) is 12.8 Å². The van der Waals surface area contributed by atoms with Gasteiger partial charge in [-0.1, -0.05) is 0 Å². The average Bonchev–Trinajstić information content (AvgIpc) is 3.00. The molecule has 0 spiro atoms. The Hall–Kier alpha value is -0.820. The lowest BCUT2D eigenvalue weighted by Crippen LogP contribution is -2.55. The predicted octanol–water partition coefficient (Wildman–Crippen LogP) is 1.21. The number of nitrogens with one attached hydrogen (secondary N) is 2. The van der Waals surface area contributed by atoms with Gasteiger partial charge in [0.1, 0.15) is 0 Å². The van der Waals surface area contributed by atoms with Crippen LogP contribution in [0.15, 0.2) is 0 Å². The summed E-state index contributed by atoms with van der Waals surface area (Å²) >= 11 is 0. The van der Waals surface area contributed by atoms with Crippen molar-refractivity contribution >= 4 is 5.91 Å². The van der Waals surface area contributed by atoms with Gasteiger partial charge in [-0.05, 0) is 32.7 Å². The Morgan fingerprint density at radius 3 is 2.74 bits per heavy atom. The fourth-order valence-electron chi connectivity index (χ4n) is 2.69. The third-order valence-corrected chi connectivity index (χ3v) is 4.01. The van der Waals surface area contributed by atoms with Crippen LogP contribution in [0.2, 0.25) is 0 Å². The third kappa shape index (κ3) is 2.72. The summed E-state index contributed by atoms with van der Waals surface area (Å²) in [4.78, 5) is 12.1. The van der Waals surface area contributed by atoms with Gasteiger partial charge in [0.15, 0.2) is 5.41 Å². The molecule has 0 aromatic rings. The van der Waals surface area contributed by atoms with E-state index < -0.39 is 23.5 Å². The largest absolute Gasteiger partial charge is 0.404 e. The number of amides is 1. The Labute approximate surface area is 110 Å². The minimum Gasteiger partial charge on any atom is -0.376 e. The van der Waals surface area contributed by atoms with Crippen molar-refractivity contribution in [3.63, 3.8) is 0 Å². The van der Waals surface area contributed by atoms with Crippen LogP contribution in [-0.4, -0.2) is 43.9 Å². The summed E-state index contributed by atoms with van der Waals surface area (Å²) in [6.45, 7) is 2.17. The molecule has 3 unspecified atom stereocenters. The van der Waals surface area contributed by atoms with Crippen LogP contribution in [0.5, 0.6) is 0 Å². The summed E-state index contributed by atoms with van der Waals surface area (Å²) in [6, 6.07) is -0.394. The van der Waals surface area contributed by atoms with Crippen LogP contribution in [0, 0.1) is 5.41 Å². The van der Waals surface area contributed by atoms with Gasteiger partial charge in [-0.2, -0.15) is 13.2 Å². The zero-order valence-electron chi connectivity index (χ0n) is 10.8. The number of alkyl halides is 3. The molecule has 1 amide bonds. The standard InChI is InChI=1S/C12H19F3N2O2/c1-8(9-3-2-6-19-9)17-10(18)11(12(13,14)15)4-5-16-7-11/h8-9,16H,2-7H2,1H3,(H,17,18). The monoisotopic (exact) mass is 280 g/mol. The van der Waals surface area contributed by atoms with Crippen molar-refractivity contribution in [2.45, 2.75) is 44.5 Å². The summed E-state index contributed by atoms with van der Waals surface area (Å²) in [7, 11) is 0. The summed E-state index contributed by atoms with van der Waals surface area (Å²) in [6.07, 6.45) is -3.25. The normalized spacial score (nSPS) is 33.4. The molecule has 3 atom stereocenters. The molecule has 0 aromatic carbocycles. The number of rotatable bonds is 3. The van der Waals surface area contributed by atoms with E-state index in [0.29, 0.717) is 6.61 Å². The zero-order valence-corrected chi connectivity index (χ0v) is 10.8. The molecule has 0 aromatic heterocycles. The lowest BCUT2D eigenvalue weighted by molar-refractivity contribution is -0.216. The Balaban J connectivity index is 2.04. The Morgan fingerprint density at radius 2 is 2.26 bits per heavy atom. The van der Waals surface area contributed by atoms with Crippen LogP contribution in [-0.2, 0) is 9.53 Å². The Bertz CT molecular complexity index is 334. The number of hydrogen-bond acceptors (Lipinski definition) is 3. The SMILES string of the molecule is CC(NC(=O)C1(C(F)(F)F)CCNC1)C1CCCO1. The number of ether oxygens (including phenoxy) is 1. The summed E-state index contributed by atoms with van der Waals surface area (Å²) in [5.41, 5.74) is -2.29. The first-order valence-corrected chi connectivity index (χ1v) is 6.57. The maximum absolute atomic E-state index is 13.2. The van der Waals surface area contributed by atoms with Crippen molar-refractivity contribution < 1.29 is 22.7 Å². The van der Waals surface area contributed by atoms with Crippen LogP contribution in [0.3, 0.4) is 0 Å². The van der Waals surface area contributed by atoms with E-state index in [1.54, 1.807) is 6.92 Å². The van der Waals surface area contributed by atoms with Gasteiger partial charge in [-0.3, -0.25) is 4.79 Å². The fraction of sp³-hybridized carbons (Fsp3) is 0.917. The molecule has 0 saturated carbocycles. The van der Waals surface area contributed by atoms with Gasteiger partial charge in [0, 0.05) is 13.2 Å². The first-order valence-electron chi connectivity index (χ1n) is 6.57. The van der Waals surface area contributed by atoms with E-state index in [9.17, 15) is 18.0 Å². The van der Waals surface area contributed by atoms with E-state index in [2.05, 4.69) is 10.6 Å². The lowest BCUT2D eigenvalue weighted by atomic mass is 9.84. The van der Waals surface area contributed by atoms with Gasteiger partial charge in [0.2, 0.25) is 5.91 Å². The number of hydrogen-bond donors (Lipinski definition) is 2. The zero-order chi connectivity index (χ0) is 14.1. The average molecular weight is 280 g/mol. The Morgan fingerprint density at radius 1 is 1.53 bits per heavy atom.